The van der Waals surface area contributed by atoms with Gasteiger partial charge in [-0.2, -0.15) is 0 Å². The number of benzene rings is 1. The summed E-state index contributed by atoms with van der Waals surface area (Å²) in [6.07, 6.45) is 0. The third-order valence-corrected chi connectivity index (χ3v) is 1.56. The Kier molecular flexibility index (Phi) is 2.97. The van der Waals surface area contributed by atoms with Crippen LogP contribution in [0.4, 0.5) is 5.69 Å². The fraction of sp³-hybridized carbons (Fsp3) is 0. The fourth-order valence-corrected chi connectivity index (χ4v) is 0.888. The molecule has 7 nitrogen and oxygen atoms in total. The number of nitro groups is 1. The van der Waals surface area contributed by atoms with Crippen LogP contribution in [0.25, 0.3) is 0 Å². The maximum Gasteiger partial charge on any atom is 0.269 e. The lowest BCUT2D eigenvalue weighted by Gasteiger charge is -1.99. The zero-order chi connectivity index (χ0) is 10.6. The molecule has 0 saturated carbocycles. The Morgan fingerprint density at radius 3 is 2.43 bits per heavy atom. The first-order chi connectivity index (χ1) is 6.65. The van der Waals surface area contributed by atoms with Crippen LogP contribution in [0.5, 0.6) is 0 Å². The summed E-state index contributed by atoms with van der Waals surface area (Å²) in [4.78, 5) is 9.83. The van der Waals surface area contributed by atoms with Gasteiger partial charge in [-0.25, -0.2) is 11.4 Å². The molecule has 5 N–H and O–H groups in total. The molecule has 7 heteroatoms. The van der Waals surface area contributed by atoms with Gasteiger partial charge in [0.15, 0.2) is 5.84 Å². The van der Waals surface area contributed by atoms with E-state index in [-0.39, 0.29) is 11.5 Å². The number of nitrogens with zero attached hydrogens (tertiary/aromatic N) is 2. The van der Waals surface area contributed by atoms with Crippen LogP contribution >= 0.6 is 0 Å². The molecule has 0 fully saturated rings. The van der Waals surface area contributed by atoms with Crippen LogP contribution in [0.15, 0.2) is 29.4 Å². The van der Waals surface area contributed by atoms with E-state index in [1.807, 2.05) is 5.53 Å². The van der Waals surface area contributed by atoms with Gasteiger partial charge in [-0.3, -0.25) is 10.1 Å². The number of nitro benzene ring substituents is 1. The molecule has 0 spiro atoms. The Bertz CT molecular complexity index is 359. The maximum atomic E-state index is 10.3. The second-order valence-corrected chi connectivity index (χ2v) is 2.43. The number of amidine groups is 1. The lowest BCUT2D eigenvalue weighted by molar-refractivity contribution is -0.384. The standard InChI is InChI=1S/C7H9N5O2/c8-7(10-11-9)5-1-3-6(4-2-5)12(13)14/h1-4,11H,9H2,(H2,8,10). The van der Waals surface area contributed by atoms with Crippen molar-refractivity contribution in [1.29, 1.82) is 0 Å². The predicted octanol–water partition coefficient (Wildman–Crippen LogP) is -0.322. The second-order valence-electron chi connectivity index (χ2n) is 2.43. The summed E-state index contributed by atoms with van der Waals surface area (Å²) in [7, 11) is 0. The Morgan fingerprint density at radius 1 is 1.43 bits per heavy atom. The van der Waals surface area contributed by atoms with E-state index in [2.05, 4.69) is 5.10 Å². The van der Waals surface area contributed by atoms with Gasteiger partial charge in [0, 0.05) is 17.7 Å². The first-order valence-corrected chi connectivity index (χ1v) is 3.68. The average molecular weight is 195 g/mol. The van der Waals surface area contributed by atoms with E-state index in [0.29, 0.717) is 5.56 Å². The van der Waals surface area contributed by atoms with E-state index in [4.69, 9.17) is 11.6 Å². The van der Waals surface area contributed by atoms with Gasteiger partial charge < -0.3 is 5.73 Å². The van der Waals surface area contributed by atoms with Crippen molar-refractivity contribution in [2.45, 2.75) is 0 Å². The summed E-state index contributed by atoms with van der Waals surface area (Å²) in [5.41, 5.74) is 8.07. The summed E-state index contributed by atoms with van der Waals surface area (Å²) in [5.74, 6) is 5.09. The lowest BCUT2D eigenvalue weighted by atomic mass is 10.2. The number of non-ortho nitro benzene ring substituents is 1. The van der Waals surface area contributed by atoms with E-state index in [1.165, 1.54) is 24.3 Å². The highest BCUT2D eigenvalue weighted by Crippen LogP contribution is 2.11. The van der Waals surface area contributed by atoms with E-state index in [0.717, 1.165) is 0 Å². The molecule has 0 unspecified atom stereocenters. The monoisotopic (exact) mass is 195 g/mol. The Balaban J connectivity index is 2.94. The maximum absolute atomic E-state index is 10.3. The average Bonchev–Trinajstić information content (AvgIpc) is 2.18. The normalized spacial score (nSPS) is 11.1. The largest absolute Gasteiger partial charge is 0.382 e. The van der Waals surface area contributed by atoms with Crippen LogP contribution < -0.4 is 17.1 Å². The van der Waals surface area contributed by atoms with Gasteiger partial charge >= 0.3 is 0 Å². The molecule has 0 heterocycles. The van der Waals surface area contributed by atoms with Gasteiger partial charge in [-0.1, -0.05) is 0 Å². The Morgan fingerprint density at radius 2 is 2.00 bits per heavy atom. The van der Waals surface area contributed by atoms with E-state index in [9.17, 15) is 10.1 Å². The number of hydrazine groups is 1. The number of rotatable bonds is 3. The summed E-state index contributed by atoms with van der Waals surface area (Å²) in [5, 5.41) is 13.8. The first kappa shape index (κ1) is 9.93. The second kappa shape index (κ2) is 4.19. The Labute approximate surface area is 79.5 Å². The summed E-state index contributed by atoms with van der Waals surface area (Å²) >= 11 is 0. The molecule has 1 rings (SSSR count). The minimum atomic E-state index is -0.488. The topological polar surface area (TPSA) is 120 Å². The van der Waals surface area contributed by atoms with Crippen molar-refractivity contribution >= 4 is 11.5 Å². The van der Waals surface area contributed by atoms with Gasteiger partial charge in [-0.15, -0.1) is 5.10 Å². The summed E-state index contributed by atoms with van der Waals surface area (Å²) < 4.78 is 0. The number of nitrogens with two attached hydrogens (primary N) is 2. The molecule has 0 aliphatic rings. The van der Waals surface area contributed by atoms with Crippen molar-refractivity contribution in [2.75, 3.05) is 0 Å². The minimum Gasteiger partial charge on any atom is -0.382 e. The predicted molar refractivity (Wildman–Crippen MR) is 51.1 cm³/mol. The molecule has 14 heavy (non-hydrogen) atoms. The summed E-state index contributed by atoms with van der Waals surface area (Å²) in [6.45, 7) is 0. The van der Waals surface area contributed by atoms with Crippen molar-refractivity contribution in [3.8, 4) is 0 Å². The van der Waals surface area contributed by atoms with Crippen LogP contribution in [-0.4, -0.2) is 10.8 Å². The molecule has 0 saturated heterocycles. The lowest BCUT2D eigenvalue weighted by Crippen LogP contribution is -2.22. The SMILES string of the molecule is NN/N=C(\N)c1ccc([N+](=O)[O-])cc1. The molecule has 1 aromatic carbocycles. The molecule has 0 aromatic heterocycles. The van der Waals surface area contributed by atoms with E-state index in [1.54, 1.807) is 0 Å². The van der Waals surface area contributed by atoms with E-state index < -0.39 is 4.92 Å². The van der Waals surface area contributed by atoms with Gasteiger partial charge in [0.1, 0.15) is 0 Å². The molecule has 0 aliphatic heterocycles. The zero-order valence-electron chi connectivity index (χ0n) is 7.18. The Hall–Kier alpha value is -2.15. The third-order valence-electron chi connectivity index (χ3n) is 1.56. The van der Waals surface area contributed by atoms with Gasteiger partial charge in [0.2, 0.25) is 0 Å². The number of nitrogens with one attached hydrogen (secondary N) is 1. The fourth-order valence-electron chi connectivity index (χ4n) is 0.888. The molecule has 0 bridgehead atoms. The molecule has 1 aromatic rings. The highest BCUT2D eigenvalue weighted by Gasteiger charge is 2.05. The van der Waals surface area contributed by atoms with Crippen molar-refractivity contribution in [2.24, 2.45) is 16.7 Å². The molecule has 0 radical (unpaired) electrons. The van der Waals surface area contributed by atoms with Crippen LogP contribution in [0.2, 0.25) is 0 Å². The molecular formula is C7H9N5O2. The van der Waals surface area contributed by atoms with Crippen LogP contribution in [0, 0.1) is 10.1 Å². The van der Waals surface area contributed by atoms with Crippen molar-refractivity contribution in [3.05, 3.63) is 39.9 Å². The van der Waals surface area contributed by atoms with Crippen molar-refractivity contribution in [1.82, 2.24) is 5.53 Å². The van der Waals surface area contributed by atoms with Crippen LogP contribution in [-0.2, 0) is 0 Å². The van der Waals surface area contributed by atoms with Gasteiger partial charge in [0.25, 0.3) is 5.69 Å². The van der Waals surface area contributed by atoms with Crippen molar-refractivity contribution in [3.63, 3.8) is 0 Å². The zero-order valence-corrected chi connectivity index (χ0v) is 7.18. The van der Waals surface area contributed by atoms with Gasteiger partial charge in [0.05, 0.1) is 4.92 Å². The number of hydrazone groups is 1. The van der Waals surface area contributed by atoms with Crippen molar-refractivity contribution < 1.29 is 4.92 Å². The molecule has 0 amide bonds. The molecule has 0 atom stereocenters. The van der Waals surface area contributed by atoms with Gasteiger partial charge in [-0.05, 0) is 12.1 Å². The quantitative estimate of drug-likeness (QED) is 0.201. The smallest absolute Gasteiger partial charge is 0.269 e. The number of hydrogen-bond donors (Lipinski definition) is 3. The highest BCUT2D eigenvalue weighted by molar-refractivity contribution is 5.97. The number of hydrogen-bond acceptors (Lipinski definition) is 5. The first-order valence-electron chi connectivity index (χ1n) is 3.68. The van der Waals surface area contributed by atoms with Crippen LogP contribution in [0.3, 0.4) is 0 Å². The van der Waals surface area contributed by atoms with E-state index >= 15 is 0 Å². The molecular weight excluding hydrogens is 186 g/mol. The van der Waals surface area contributed by atoms with Crippen LogP contribution in [0.1, 0.15) is 5.56 Å². The summed E-state index contributed by atoms with van der Waals surface area (Å²) in [6, 6.07) is 5.67. The highest BCUT2D eigenvalue weighted by atomic mass is 16.6. The third kappa shape index (κ3) is 2.17. The molecule has 0 aliphatic carbocycles. The minimum absolute atomic E-state index is 0.00209. The molecule has 74 valence electrons.